The predicted octanol–water partition coefficient (Wildman–Crippen LogP) is 5.11. The molecule has 1 aliphatic rings. The van der Waals surface area contributed by atoms with Gasteiger partial charge in [-0.25, -0.2) is 4.79 Å². The lowest BCUT2D eigenvalue weighted by Crippen LogP contribution is -2.42. The van der Waals surface area contributed by atoms with Gasteiger partial charge in [-0.15, -0.1) is 0 Å². The van der Waals surface area contributed by atoms with E-state index in [-0.39, 0.29) is 50.6 Å². The Bertz CT molecular complexity index is 1100. The molecule has 1 aliphatic heterocycles. The van der Waals surface area contributed by atoms with Gasteiger partial charge in [-0.1, -0.05) is 43.6 Å². The lowest BCUT2D eigenvalue weighted by atomic mass is 9.99. The number of nitrogens with one attached hydrogen (secondary N) is 1. The fourth-order valence-electron chi connectivity index (χ4n) is 2.97. The number of hydrogen-bond donors (Lipinski definition) is 2. The van der Waals surface area contributed by atoms with Crippen LogP contribution in [0.3, 0.4) is 0 Å². The van der Waals surface area contributed by atoms with Crippen LogP contribution in [0.1, 0.15) is 38.3 Å². The molecule has 160 valence electrons. The molecular formula is C20H18Cl2N6O3. The highest BCUT2D eigenvalue weighted by atomic mass is 35.5. The molecule has 31 heavy (non-hydrogen) atoms. The van der Waals surface area contributed by atoms with Gasteiger partial charge in [-0.2, -0.15) is 25.3 Å². The summed E-state index contributed by atoms with van der Waals surface area (Å²) >= 11 is 12.7. The molecule has 3 rings (SSSR count). The van der Waals surface area contributed by atoms with Gasteiger partial charge >= 0.3 is 12.0 Å². The van der Waals surface area contributed by atoms with Crippen molar-refractivity contribution in [3.63, 3.8) is 0 Å². The molecule has 0 aliphatic carbocycles. The summed E-state index contributed by atoms with van der Waals surface area (Å²) < 4.78 is 5.68. The first-order valence-corrected chi connectivity index (χ1v) is 10.1. The van der Waals surface area contributed by atoms with Gasteiger partial charge in [0.05, 0.1) is 33.3 Å². The van der Waals surface area contributed by atoms with Crippen molar-refractivity contribution in [2.24, 2.45) is 5.10 Å². The monoisotopic (exact) mass is 460 g/mol. The quantitative estimate of drug-likeness (QED) is 0.616. The first kappa shape index (κ1) is 22.3. The number of urea groups is 1. The van der Waals surface area contributed by atoms with E-state index in [0.29, 0.717) is 5.69 Å². The fraction of sp³-hybridized carbons (Fsp3) is 0.250. The number of allylic oxidation sites excluding steroid dienone is 1. The number of carbonyl (C=O) groups is 1. The molecule has 0 spiro atoms. The van der Waals surface area contributed by atoms with Gasteiger partial charge < -0.3 is 15.2 Å². The Morgan fingerprint density at radius 3 is 2.55 bits per heavy atom. The topological polar surface area (TPSA) is 124 Å². The fourth-order valence-corrected chi connectivity index (χ4v) is 3.52. The van der Waals surface area contributed by atoms with Gasteiger partial charge in [-0.05, 0) is 25.0 Å². The minimum absolute atomic E-state index is 0.0163. The number of halogens is 2. The number of aromatic nitrogens is 2. The van der Waals surface area contributed by atoms with Crippen LogP contribution in [-0.2, 0) is 0 Å². The van der Waals surface area contributed by atoms with Gasteiger partial charge in [0, 0.05) is 5.92 Å². The maximum Gasteiger partial charge on any atom is 0.347 e. The zero-order valence-electron chi connectivity index (χ0n) is 16.7. The maximum absolute atomic E-state index is 12.2. The standard InChI is InChI=1S/C20H18Cl2N6O3/c1-4-11(5-2)17-16(29)9-24-19(26-17)31-18-13(21)6-12(7-14(18)22)28-20(30)25-10(3)15(8-23)27-28/h6-7,9,11,29H,3-5H2,1-2H3,(H,25,30). The highest BCUT2D eigenvalue weighted by molar-refractivity contribution is 6.37. The second kappa shape index (κ2) is 9.20. The van der Waals surface area contributed by atoms with E-state index in [1.165, 1.54) is 18.3 Å². The molecule has 9 nitrogen and oxygen atoms in total. The summed E-state index contributed by atoms with van der Waals surface area (Å²) in [7, 11) is 0. The Kier molecular flexibility index (Phi) is 6.63. The summed E-state index contributed by atoms with van der Waals surface area (Å²) in [5.74, 6) is 0.0928. The molecule has 2 amide bonds. The molecule has 0 bridgehead atoms. The van der Waals surface area contributed by atoms with Crippen LogP contribution in [0.15, 0.2) is 35.7 Å². The molecule has 0 unspecified atom stereocenters. The summed E-state index contributed by atoms with van der Waals surface area (Å²) in [5.41, 5.74) is 0.726. The van der Waals surface area contributed by atoms with Crippen molar-refractivity contribution in [3.05, 3.63) is 46.3 Å². The molecule has 2 aromatic rings. The molecule has 11 heteroatoms. The lowest BCUT2D eigenvalue weighted by molar-refractivity contribution is 0.248. The molecular weight excluding hydrogens is 443 g/mol. The number of anilines is 1. The maximum atomic E-state index is 12.2. The summed E-state index contributed by atoms with van der Waals surface area (Å²) in [5, 5.41) is 26.7. The van der Waals surface area contributed by atoms with Crippen LogP contribution in [0.2, 0.25) is 10.0 Å². The van der Waals surface area contributed by atoms with E-state index >= 15 is 0 Å². The van der Waals surface area contributed by atoms with Crippen LogP contribution in [-0.4, -0.2) is 26.8 Å². The van der Waals surface area contributed by atoms with Gasteiger partial charge in [0.15, 0.2) is 17.2 Å². The lowest BCUT2D eigenvalue weighted by Gasteiger charge is -2.24. The Balaban J connectivity index is 1.95. The molecule has 2 N–H and O–H groups in total. The van der Waals surface area contributed by atoms with Crippen LogP contribution in [0.25, 0.3) is 0 Å². The number of carbonyl (C=O) groups excluding carboxylic acids is 1. The van der Waals surface area contributed by atoms with Crippen molar-refractivity contribution in [3.8, 4) is 23.6 Å². The predicted molar refractivity (Wildman–Crippen MR) is 117 cm³/mol. The number of aromatic hydroxyl groups is 1. The van der Waals surface area contributed by atoms with E-state index in [1.807, 2.05) is 19.9 Å². The zero-order chi connectivity index (χ0) is 22.7. The van der Waals surface area contributed by atoms with Crippen molar-refractivity contribution >= 4 is 40.6 Å². The highest BCUT2D eigenvalue weighted by Crippen LogP contribution is 2.40. The Morgan fingerprint density at radius 1 is 1.32 bits per heavy atom. The van der Waals surface area contributed by atoms with Crippen molar-refractivity contribution < 1.29 is 14.6 Å². The summed E-state index contributed by atoms with van der Waals surface area (Å²) in [4.78, 5) is 20.5. The smallest absolute Gasteiger partial charge is 0.347 e. The molecule has 0 radical (unpaired) electrons. The van der Waals surface area contributed by atoms with E-state index in [0.717, 1.165) is 17.9 Å². The number of benzene rings is 1. The first-order chi connectivity index (χ1) is 14.8. The third-order valence-corrected chi connectivity index (χ3v) is 5.17. The van der Waals surface area contributed by atoms with E-state index in [2.05, 4.69) is 27.0 Å². The van der Waals surface area contributed by atoms with Crippen molar-refractivity contribution in [2.45, 2.75) is 32.6 Å². The number of hydrogen-bond acceptors (Lipinski definition) is 7. The van der Waals surface area contributed by atoms with Crippen molar-refractivity contribution in [1.82, 2.24) is 15.3 Å². The molecule has 1 aromatic carbocycles. The highest BCUT2D eigenvalue weighted by Gasteiger charge is 2.26. The number of nitriles is 1. The Labute approximate surface area is 188 Å². The Hall–Kier alpha value is -3.35. The van der Waals surface area contributed by atoms with Gasteiger partial charge in [-0.3, -0.25) is 0 Å². The zero-order valence-corrected chi connectivity index (χ0v) is 18.2. The van der Waals surface area contributed by atoms with Crippen LogP contribution in [0, 0.1) is 11.3 Å². The Morgan fingerprint density at radius 2 is 1.97 bits per heavy atom. The normalized spacial score (nSPS) is 13.7. The number of ether oxygens (including phenoxy) is 1. The van der Waals surface area contributed by atoms with Gasteiger partial charge in [0.25, 0.3) is 0 Å². The summed E-state index contributed by atoms with van der Waals surface area (Å²) in [6.07, 6.45) is 2.83. The molecule has 0 fully saturated rings. The second-order valence-electron chi connectivity index (χ2n) is 6.56. The van der Waals surface area contributed by atoms with Crippen LogP contribution < -0.4 is 15.1 Å². The third kappa shape index (κ3) is 4.55. The summed E-state index contributed by atoms with van der Waals surface area (Å²) in [6, 6.07) is 3.98. The molecule has 0 saturated heterocycles. The molecule has 0 saturated carbocycles. The molecule has 1 aromatic heterocycles. The number of hydrazone groups is 1. The second-order valence-corrected chi connectivity index (χ2v) is 7.37. The first-order valence-electron chi connectivity index (χ1n) is 9.30. The molecule has 0 atom stereocenters. The van der Waals surface area contributed by atoms with E-state index in [9.17, 15) is 9.90 Å². The van der Waals surface area contributed by atoms with E-state index < -0.39 is 6.03 Å². The van der Waals surface area contributed by atoms with Gasteiger partial charge in [0.2, 0.25) is 0 Å². The molecule has 2 heterocycles. The minimum Gasteiger partial charge on any atom is -0.504 e. The van der Waals surface area contributed by atoms with Crippen molar-refractivity contribution in [2.75, 3.05) is 5.01 Å². The van der Waals surface area contributed by atoms with E-state index in [1.54, 1.807) is 0 Å². The van der Waals surface area contributed by atoms with Crippen LogP contribution >= 0.6 is 23.2 Å². The average Bonchev–Trinajstić information content (AvgIpc) is 2.73. The average molecular weight is 461 g/mol. The van der Waals surface area contributed by atoms with E-state index in [4.69, 9.17) is 33.2 Å². The number of nitrogens with zero attached hydrogens (tertiary/aromatic N) is 5. The van der Waals surface area contributed by atoms with Crippen LogP contribution in [0.5, 0.6) is 17.5 Å². The van der Waals surface area contributed by atoms with Gasteiger partial charge in [0.1, 0.15) is 6.07 Å². The van der Waals surface area contributed by atoms with Crippen molar-refractivity contribution in [1.29, 1.82) is 5.26 Å². The SMILES string of the molecule is C=C1NC(=O)N(c2cc(Cl)c(Oc3ncc(O)c(C(CC)CC)n3)c(Cl)c2)N=C1C#N. The third-order valence-electron chi connectivity index (χ3n) is 4.61. The van der Waals surface area contributed by atoms with Crippen LogP contribution in [0.4, 0.5) is 10.5 Å². The summed E-state index contributed by atoms with van der Waals surface area (Å²) in [6.45, 7) is 7.55. The minimum atomic E-state index is -0.624. The number of amides is 2. The number of rotatable bonds is 6. The largest absolute Gasteiger partial charge is 0.504 e.